The van der Waals surface area contributed by atoms with Gasteiger partial charge in [0.15, 0.2) is 0 Å². The van der Waals surface area contributed by atoms with Gasteiger partial charge in [0, 0.05) is 42.8 Å². The van der Waals surface area contributed by atoms with Crippen LogP contribution in [0.4, 0.5) is 9.18 Å². The number of hydrogen-bond acceptors (Lipinski definition) is 6. The summed E-state index contributed by atoms with van der Waals surface area (Å²) < 4.78 is 26.0. The van der Waals surface area contributed by atoms with Crippen molar-refractivity contribution in [3.8, 4) is 0 Å². The molecule has 2 aliphatic carbocycles. The Kier molecular flexibility index (Phi) is 13.1. The minimum absolute atomic E-state index is 0.116. The molecule has 3 fully saturated rings. The van der Waals surface area contributed by atoms with E-state index in [0.717, 1.165) is 88.5 Å². The summed E-state index contributed by atoms with van der Waals surface area (Å²) in [7, 11) is 0. The van der Waals surface area contributed by atoms with Crippen molar-refractivity contribution in [2.45, 2.75) is 122 Å². The van der Waals surface area contributed by atoms with E-state index in [2.05, 4.69) is 23.2 Å². The van der Waals surface area contributed by atoms with Gasteiger partial charge < -0.3 is 24.6 Å². The molecule has 0 aromatic heterocycles. The molecule has 3 aliphatic rings. The molecule has 1 aliphatic heterocycles. The van der Waals surface area contributed by atoms with Gasteiger partial charge in [-0.15, -0.1) is 0 Å². The number of nitrogens with zero attached hydrogens (tertiary/aromatic N) is 2. The van der Waals surface area contributed by atoms with Crippen molar-refractivity contribution in [2.75, 3.05) is 32.7 Å². The molecule has 1 amide bonds. The maximum absolute atomic E-state index is 14.6. The molecular formula is C40H57ClFN3O4. The SMILES string of the molecule is CCCN(C(=O)OCc1ccc(Cl)cc1)C1CCN(C[C@H]2C[C@H](C3(NCC(=O)OC(C)(C)C)CCCCC3)C[C@@H]2c2cccc(F)c2)CC1. The topological polar surface area (TPSA) is 71.1 Å². The minimum atomic E-state index is -0.516. The van der Waals surface area contributed by atoms with E-state index in [1.54, 1.807) is 6.07 Å². The van der Waals surface area contributed by atoms with Gasteiger partial charge in [0.25, 0.3) is 0 Å². The molecule has 0 spiro atoms. The Morgan fingerprint density at radius 2 is 1.76 bits per heavy atom. The van der Waals surface area contributed by atoms with Crippen LogP contribution in [-0.4, -0.2) is 71.8 Å². The first kappa shape index (κ1) is 37.6. The fourth-order valence-electron chi connectivity index (χ4n) is 8.68. The van der Waals surface area contributed by atoms with Crippen LogP contribution in [0.5, 0.6) is 0 Å². The van der Waals surface area contributed by atoms with E-state index in [1.165, 1.54) is 12.5 Å². The molecule has 7 nitrogen and oxygen atoms in total. The van der Waals surface area contributed by atoms with E-state index < -0.39 is 5.60 Å². The van der Waals surface area contributed by atoms with Crippen LogP contribution in [0.25, 0.3) is 0 Å². The van der Waals surface area contributed by atoms with Crippen molar-refractivity contribution >= 4 is 23.7 Å². The Bertz CT molecular complexity index is 1370. The molecule has 1 heterocycles. The highest BCUT2D eigenvalue weighted by atomic mass is 35.5. The van der Waals surface area contributed by atoms with Crippen LogP contribution in [0, 0.1) is 17.7 Å². The summed E-state index contributed by atoms with van der Waals surface area (Å²) in [6, 6.07) is 14.7. The van der Waals surface area contributed by atoms with Crippen LogP contribution in [-0.2, 0) is 20.9 Å². The highest BCUT2D eigenvalue weighted by Crippen LogP contribution is 2.51. The summed E-state index contributed by atoms with van der Waals surface area (Å²) in [6.07, 6.45) is 10.1. The molecule has 2 saturated carbocycles. The number of amides is 1. The molecule has 0 bridgehead atoms. The van der Waals surface area contributed by atoms with Gasteiger partial charge in [-0.3, -0.25) is 4.79 Å². The lowest BCUT2D eigenvalue weighted by molar-refractivity contribution is -0.154. The normalized spacial score (nSPS) is 23.3. The van der Waals surface area contributed by atoms with Crippen molar-refractivity contribution < 1.29 is 23.5 Å². The number of hydrogen-bond donors (Lipinski definition) is 1. The third kappa shape index (κ3) is 10.4. The maximum Gasteiger partial charge on any atom is 0.410 e. The Morgan fingerprint density at radius 1 is 1.04 bits per heavy atom. The summed E-state index contributed by atoms with van der Waals surface area (Å²) in [6.45, 7) is 11.7. The van der Waals surface area contributed by atoms with Crippen LogP contribution in [0.1, 0.15) is 109 Å². The maximum atomic E-state index is 14.6. The summed E-state index contributed by atoms with van der Waals surface area (Å²) in [5.74, 6) is 0.625. The summed E-state index contributed by atoms with van der Waals surface area (Å²) in [5.41, 5.74) is 1.37. The number of rotatable bonds is 12. The van der Waals surface area contributed by atoms with Crippen LogP contribution in [0.3, 0.4) is 0 Å². The average molecular weight is 698 g/mol. The average Bonchev–Trinajstić information content (AvgIpc) is 3.50. The second kappa shape index (κ2) is 17.0. The summed E-state index contributed by atoms with van der Waals surface area (Å²) in [5, 5.41) is 4.41. The van der Waals surface area contributed by atoms with Crippen molar-refractivity contribution in [3.63, 3.8) is 0 Å². The van der Waals surface area contributed by atoms with Gasteiger partial charge in [-0.25, -0.2) is 9.18 Å². The zero-order chi connectivity index (χ0) is 35.0. The van der Waals surface area contributed by atoms with E-state index in [4.69, 9.17) is 21.1 Å². The summed E-state index contributed by atoms with van der Waals surface area (Å²) >= 11 is 6.01. The Hall–Kier alpha value is -2.68. The lowest BCUT2D eigenvalue weighted by Gasteiger charge is -2.44. The predicted octanol–water partition coefficient (Wildman–Crippen LogP) is 8.74. The Labute approximate surface area is 298 Å². The third-order valence-corrected chi connectivity index (χ3v) is 11.2. The molecule has 2 aromatic rings. The van der Waals surface area contributed by atoms with Gasteiger partial charge in [0.05, 0.1) is 6.54 Å². The van der Waals surface area contributed by atoms with E-state index in [-0.39, 0.29) is 48.5 Å². The van der Waals surface area contributed by atoms with Gasteiger partial charge in [-0.1, -0.05) is 62.1 Å². The number of benzene rings is 2. The number of halogens is 2. The number of carbonyl (C=O) groups excluding carboxylic acids is 2. The highest BCUT2D eigenvalue weighted by molar-refractivity contribution is 6.30. The third-order valence-electron chi connectivity index (χ3n) is 11.0. The van der Waals surface area contributed by atoms with Gasteiger partial charge in [0.1, 0.15) is 18.0 Å². The standard InChI is InChI=1S/C40H57ClFN3O4/c1-5-20-45(38(47)48-28-29-12-14-33(41)15-13-29)35-16-21-44(22-17-35)27-31-23-32(25-36(31)30-10-9-11-34(42)24-30)40(18-7-6-8-19-40)43-26-37(46)49-39(2,3)4/h9-15,24,31-32,35-36,43H,5-8,16-23,25-28H2,1-4H3/t31-,32+,36-/m1/s1. The first-order valence-corrected chi connectivity index (χ1v) is 18.9. The fourth-order valence-corrected chi connectivity index (χ4v) is 8.80. The van der Waals surface area contributed by atoms with Crippen LogP contribution < -0.4 is 5.32 Å². The van der Waals surface area contributed by atoms with Crippen molar-refractivity contribution in [3.05, 3.63) is 70.5 Å². The molecule has 1 saturated heterocycles. The van der Waals surface area contributed by atoms with Crippen molar-refractivity contribution in [2.24, 2.45) is 11.8 Å². The largest absolute Gasteiger partial charge is 0.459 e. The molecule has 3 atom stereocenters. The Balaban J connectivity index is 1.24. The Morgan fingerprint density at radius 3 is 2.41 bits per heavy atom. The quantitative estimate of drug-likeness (QED) is 0.224. The second-order valence-corrected chi connectivity index (χ2v) is 16.1. The number of likely N-dealkylation sites (tertiary alicyclic amines) is 1. The molecule has 5 rings (SSSR count). The monoisotopic (exact) mass is 697 g/mol. The highest BCUT2D eigenvalue weighted by Gasteiger charge is 2.48. The van der Waals surface area contributed by atoms with Crippen LogP contribution in [0.15, 0.2) is 48.5 Å². The molecule has 0 unspecified atom stereocenters. The van der Waals surface area contributed by atoms with Crippen molar-refractivity contribution in [1.29, 1.82) is 0 Å². The van der Waals surface area contributed by atoms with Gasteiger partial charge >= 0.3 is 12.1 Å². The fraction of sp³-hybridized carbons (Fsp3) is 0.650. The lowest BCUT2D eigenvalue weighted by Crippen LogP contribution is -2.54. The van der Waals surface area contributed by atoms with E-state index in [0.29, 0.717) is 23.4 Å². The number of piperidine rings is 1. The molecular weight excluding hydrogens is 641 g/mol. The van der Waals surface area contributed by atoms with Crippen molar-refractivity contribution in [1.82, 2.24) is 15.1 Å². The van der Waals surface area contributed by atoms with E-state index in [1.807, 2.05) is 56.0 Å². The molecule has 0 radical (unpaired) electrons. The molecule has 2 aromatic carbocycles. The molecule has 1 N–H and O–H groups in total. The predicted molar refractivity (Wildman–Crippen MR) is 193 cm³/mol. The molecule has 49 heavy (non-hydrogen) atoms. The van der Waals surface area contributed by atoms with Crippen LogP contribution in [0.2, 0.25) is 5.02 Å². The zero-order valence-electron chi connectivity index (χ0n) is 30.0. The summed E-state index contributed by atoms with van der Waals surface area (Å²) in [4.78, 5) is 30.5. The molecule has 9 heteroatoms. The minimum Gasteiger partial charge on any atom is -0.459 e. The lowest BCUT2D eigenvalue weighted by atomic mass is 9.71. The number of carbonyl (C=O) groups is 2. The number of nitrogens with one attached hydrogen (secondary N) is 1. The number of ether oxygens (including phenoxy) is 2. The van der Waals surface area contributed by atoms with Crippen LogP contribution >= 0.6 is 11.6 Å². The van der Waals surface area contributed by atoms with E-state index in [9.17, 15) is 14.0 Å². The van der Waals surface area contributed by atoms with Gasteiger partial charge in [-0.05, 0) is 119 Å². The first-order chi connectivity index (χ1) is 23.4. The zero-order valence-corrected chi connectivity index (χ0v) is 30.8. The number of esters is 1. The first-order valence-electron chi connectivity index (χ1n) is 18.6. The second-order valence-electron chi connectivity index (χ2n) is 15.7. The van der Waals surface area contributed by atoms with Gasteiger partial charge in [-0.2, -0.15) is 0 Å². The van der Waals surface area contributed by atoms with Gasteiger partial charge in [0.2, 0.25) is 0 Å². The van der Waals surface area contributed by atoms with E-state index >= 15 is 0 Å². The molecule has 270 valence electrons. The smallest absolute Gasteiger partial charge is 0.410 e.